The molecule has 102 valence electrons. The van der Waals surface area contributed by atoms with Gasteiger partial charge in [-0.05, 0) is 18.6 Å². The van der Waals surface area contributed by atoms with E-state index in [-0.39, 0.29) is 11.3 Å². The molecule has 0 unspecified atom stereocenters. The van der Waals surface area contributed by atoms with Crippen LogP contribution in [0.3, 0.4) is 0 Å². The first-order chi connectivity index (χ1) is 9.70. The standard InChI is InChI=1S/C14H13N3O2S/c1-2-3-8-17-13(18)11-12(16-14(17)19)20-10-7-5-4-6-9(10)15-11/h4-7H,2-3,8H2,1H3. The van der Waals surface area contributed by atoms with Gasteiger partial charge in [0.1, 0.15) is 0 Å². The number of aromatic nitrogens is 3. The maximum Gasteiger partial charge on any atom is 0.351 e. The third-order valence-corrected chi connectivity index (χ3v) is 4.16. The molecule has 5 nitrogen and oxygen atoms in total. The van der Waals surface area contributed by atoms with Crippen LogP contribution in [-0.4, -0.2) is 14.5 Å². The van der Waals surface area contributed by atoms with Crippen molar-refractivity contribution in [3.8, 4) is 10.7 Å². The minimum atomic E-state index is -0.482. The third-order valence-electron chi connectivity index (χ3n) is 3.12. The number of para-hydroxylation sites is 1. The molecule has 0 aromatic heterocycles. The minimum absolute atomic E-state index is 0.282. The van der Waals surface area contributed by atoms with E-state index in [4.69, 9.17) is 0 Å². The number of hydrogen-bond acceptors (Lipinski definition) is 5. The zero-order valence-corrected chi connectivity index (χ0v) is 11.8. The molecule has 6 heteroatoms. The van der Waals surface area contributed by atoms with Crippen molar-refractivity contribution < 1.29 is 0 Å². The largest absolute Gasteiger partial charge is 0.351 e. The highest BCUT2D eigenvalue weighted by atomic mass is 32.1. The van der Waals surface area contributed by atoms with Crippen LogP contribution in [0, 0.1) is 0 Å². The lowest BCUT2D eigenvalue weighted by Crippen LogP contribution is -2.37. The van der Waals surface area contributed by atoms with Crippen molar-refractivity contribution in [1.29, 1.82) is 0 Å². The number of unbranched alkanes of at least 4 members (excludes halogenated alkanes) is 1. The van der Waals surface area contributed by atoms with E-state index in [1.807, 2.05) is 31.2 Å². The molecule has 0 aliphatic carbocycles. The van der Waals surface area contributed by atoms with E-state index >= 15 is 0 Å². The summed E-state index contributed by atoms with van der Waals surface area (Å²) in [6, 6.07) is 7.53. The summed E-state index contributed by atoms with van der Waals surface area (Å²) in [5.41, 5.74) is 0.216. The van der Waals surface area contributed by atoms with Crippen LogP contribution in [0.15, 0.2) is 33.9 Å². The highest BCUT2D eigenvalue weighted by Gasteiger charge is 2.17. The van der Waals surface area contributed by atoms with E-state index in [2.05, 4.69) is 9.97 Å². The van der Waals surface area contributed by atoms with E-state index in [0.717, 1.165) is 23.1 Å². The first-order valence-electron chi connectivity index (χ1n) is 6.51. The van der Waals surface area contributed by atoms with Gasteiger partial charge in [-0.15, -0.1) is 11.3 Å². The lowest BCUT2D eigenvalue weighted by molar-refractivity contribution is 0.583. The summed E-state index contributed by atoms with van der Waals surface area (Å²) < 4.78 is 2.10. The van der Waals surface area contributed by atoms with Gasteiger partial charge in [0.05, 0.1) is 10.2 Å². The molecule has 0 atom stereocenters. The smallest absolute Gasteiger partial charge is 0.267 e. The fourth-order valence-corrected chi connectivity index (χ4v) is 2.97. The summed E-state index contributed by atoms with van der Waals surface area (Å²) in [6.45, 7) is 2.41. The average Bonchev–Trinajstić information content (AvgIpc) is 2.45. The van der Waals surface area contributed by atoms with Crippen LogP contribution in [0.5, 0.6) is 0 Å². The molecule has 0 fully saturated rings. The average molecular weight is 287 g/mol. The van der Waals surface area contributed by atoms with Crippen molar-refractivity contribution in [2.45, 2.75) is 26.3 Å². The van der Waals surface area contributed by atoms with Gasteiger partial charge < -0.3 is 0 Å². The number of hydrogen-bond donors (Lipinski definition) is 0. The maximum absolute atomic E-state index is 12.4. The van der Waals surface area contributed by atoms with Gasteiger partial charge in [-0.2, -0.15) is 4.98 Å². The molecule has 0 bridgehead atoms. The number of fused-ring (bicyclic) bond motifs is 2. The molecular weight excluding hydrogens is 274 g/mol. The Morgan fingerprint density at radius 2 is 2.00 bits per heavy atom. The van der Waals surface area contributed by atoms with Crippen LogP contribution in [0.2, 0.25) is 0 Å². The highest BCUT2D eigenvalue weighted by molar-refractivity contribution is 7.21. The summed E-state index contributed by atoms with van der Waals surface area (Å²) in [6.07, 6.45) is 1.69. The molecule has 0 saturated heterocycles. The van der Waals surface area contributed by atoms with E-state index in [1.54, 1.807) is 0 Å². The molecular formula is C14H13N3O2S. The van der Waals surface area contributed by atoms with Gasteiger partial charge in [-0.3, -0.25) is 9.36 Å². The monoisotopic (exact) mass is 287 g/mol. The Labute approximate surface area is 118 Å². The van der Waals surface area contributed by atoms with Crippen LogP contribution in [0.4, 0.5) is 0 Å². The van der Waals surface area contributed by atoms with Crippen molar-refractivity contribution in [3.05, 3.63) is 45.1 Å². The van der Waals surface area contributed by atoms with Gasteiger partial charge in [0.25, 0.3) is 5.56 Å². The number of nitrogens with zero attached hydrogens (tertiary/aromatic N) is 3. The maximum atomic E-state index is 12.4. The molecule has 0 amide bonds. The van der Waals surface area contributed by atoms with Crippen molar-refractivity contribution in [3.63, 3.8) is 0 Å². The third kappa shape index (κ3) is 2.12. The van der Waals surface area contributed by atoms with Crippen LogP contribution < -0.4 is 11.2 Å². The molecule has 2 heterocycles. The summed E-state index contributed by atoms with van der Waals surface area (Å²) in [7, 11) is 0. The van der Waals surface area contributed by atoms with Crippen LogP contribution >= 0.6 is 11.3 Å². The molecule has 0 saturated carbocycles. The molecule has 2 aliphatic heterocycles. The Kier molecular flexibility index (Phi) is 3.31. The van der Waals surface area contributed by atoms with Crippen molar-refractivity contribution in [2.24, 2.45) is 0 Å². The van der Waals surface area contributed by atoms with E-state index in [9.17, 15) is 9.59 Å². The highest BCUT2D eigenvalue weighted by Crippen LogP contribution is 2.25. The lowest BCUT2D eigenvalue weighted by Gasteiger charge is -2.08. The second kappa shape index (κ2) is 5.13. The zero-order valence-electron chi connectivity index (χ0n) is 11.0. The molecule has 0 spiro atoms. The normalized spacial score (nSPS) is 11.2. The predicted molar refractivity (Wildman–Crippen MR) is 79.5 cm³/mol. The van der Waals surface area contributed by atoms with Gasteiger partial charge in [-0.25, -0.2) is 9.78 Å². The van der Waals surface area contributed by atoms with Crippen LogP contribution in [-0.2, 0) is 6.54 Å². The molecule has 0 N–H and O–H groups in total. The Morgan fingerprint density at radius 1 is 1.20 bits per heavy atom. The van der Waals surface area contributed by atoms with Crippen LogP contribution in [0.25, 0.3) is 20.9 Å². The van der Waals surface area contributed by atoms with Gasteiger partial charge >= 0.3 is 5.69 Å². The predicted octanol–water partition coefficient (Wildman–Crippen LogP) is 2.12. The van der Waals surface area contributed by atoms with Crippen molar-refractivity contribution in [2.75, 3.05) is 0 Å². The van der Waals surface area contributed by atoms with Crippen molar-refractivity contribution >= 4 is 21.6 Å². The lowest BCUT2D eigenvalue weighted by atomic mass is 10.3. The number of rotatable bonds is 3. The fraction of sp³-hybridized carbons (Fsp3) is 0.286. The van der Waals surface area contributed by atoms with Crippen molar-refractivity contribution in [1.82, 2.24) is 14.5 Å². The minimum Gasteiger partial charge on any atom is -0.267 e. The molecule has 2 aliphatic rings. The van der Waals surface area contributed by atoms with E-state index in [1.165, 1.54) is 15.9 Å². The number of benzene rings is 1. The molecule has 1 aromatic carbocycles. The molecule has 3 rings (SSSR count). The summed E-state index contributed by atoms with van der Waals surface area (Å²) in [5, 5.41) is 0.409. The summed E-state index contributed by atoms with van der Waals surface area (Å²) in [4.78, 5) is 32.7. The second-order valence-corrected chi connectivity index (χ2v) is 5.57. The van der Waals surface area contributed by atoms with E-state index in [0.29, 0.717) is 11.6 Å². The first kappa shape index (κ1) is 12.9. The van der Waals surface area contributed by atoms with Gasteiger partial charge in [-0.1, -0.05) is 25.5 Å². The Balaban J connectivity index is 2.31. The Bertz CT molecular complexity index is 853. The Hall–Kier alpha value is -2.08. The van der Waals surface area contributed by atoms with E-state index < -0.39 is 5.69 Å². The quantitative estimate of drug-likeness (QED) is 0.692. The second-order valence-electron chi connectivity index (χ2n) is 4.54. The SMILES string of the molecule is CCCCn1c(=O)nc2sc3ccccc3nc-2c1=O. The topological polar surface area (TPSA) is 64.8 Å². The van der Waals surface area contributed by atoms with Gasteiger partial charge in [0.2, 0.25) is 0 Å². The van der Waals surface area contributed by atoms with Crippen LogP contribution in [0.1, 0.15) is 19.8 Å². The summed E-state index contributed by atoms with van der Waals surface area (Å²) in [5.74, 6) is 0. The van der Waals surface area contributed by atoms with Gasteiger partial charge in [0.15, 0.2) is 10.7 Å². The fourth-order valence-electron chi connectivity index (χ4n) is 2.05. The molecule has 20 heavy (non-hydrogen) atoms. The molecule has 0 radical (unpaired) electrons. The Morgan fingerprint density at radius 3 is 2.80 bits per heavy atom. The zero-order chi connectivity index (χ0) is 14.1. The summed E-state index contributed by atoms with van der Waals surface area (Å²) >= 11 is 1.33. The van der Waals surface area contributed by atoms with Gasteiger partial charge in [0, 0.05) is 6.54 Å². The molecule has 1 aromatic rings. The first-order valence-corrected chi connectivity index (χ1v) is 7.33.